The van der Waals surface area contributed by atoms with Gasteiger partial charge in [-0.05, 0) is 11.8 Å². The van der Waals surface area contributed by atoms with Crippen molar-refractivity contribution in [3.05, 3.63) is 0 Å². The maximum Gasteiger partial charge on any atom is 0.0507 e. The van der Waals surface area contributed by atoms with Crippen LogP contribution in [-0.4, -0.2) is 42.6 Å². The van der Waals surface area contributed by atoms with Gasteiger partial charge in [-0.1, -0.05) is 40.5 Å². The van der Waals surface area contributed by atoms with Gasteiger partial charge in [0.1, 0.15) is 0 Å². The average molecular weight is 212 g/mol. The molecule has 0 aromatic heterocycles. The first kappa shape index (κ1) is 13.0. The molecule has 1 saturated heterocycles. The Kier molecular flexibility index (Phi) is 5.62. The van der Waals surface area contributed by atoms with Crippen LogP contribution in [0, 0.1) is 11.8 Å². The first-order valence-electron chi connectivity index (χ1n) is 6.60. The molecule has 1 fully saturated rings. The van der Waals surface area contributed by atoms with Crippen molar-refractivity contribution in [1.29, 1.82) is 0 Å². The summed E-state index contributed by atoms with van der Waals surface area (Å²) in [7, 11) is 0. The molecule has 1 heterocycles. The second-order valence-electron chi connectivity index (χ2n) is 5.32. The van der Waals surface area contributed by atoms with Gasteiger partial charge in [0.25, 0.3) is 0 Å². The molecule has 1 aliphatic rings. The summed E-state index contributed by atoms with van der Waals surface area (Å²) in [4.78, 5) is 5.22. The standard InChI is InChI=1S/C13H28N2/c1-5-12(3)9-14-7-8-15(11-14)10-13(4)6-2/h12-13H,5-11H2,1-4H3/t12-,13-/m0/s1. The van der Waals surface area contributed by atoms with Crippen LogP contribution in [0.1, 0.15) is 40.5 Å². The first-order chi connectivity index (χ1) is 7.15. The molecule has 15 heavy (non-hydrogen) atoms. The topological polar surface area (TPSA) is 6.48 Å². The summed E-state index contributed by atoms with van der Waals surface area (Å²) in [6, 6.07) is 0. The highest BCUT2D eigenvalue weighted by molar-refractivity contribution is 4.73. The van der Waals surface area contributed by atoms with E-state index in [1.54, 1.807) is 0 Å². The fourth-order valence-corrected chi connectivity index (χ4v) is 2.14. The van der Waals surface area contributed by atoms with Crippen molar-refractivity contribution >= 4 is 0 Å². The maximum absolute atomic E-state index is 2.61. The molecule has 0 aliphatic carbocycles. The van der Waals surface area contributed by atoms with E-state index in [4.69, 9.17) is 0 Å². The lowest BCUT2D eigenvalue weighted by Gasteiger charge is -2.22. The molecule has 2 heteroatoms. The van der Waals surface area contributed by atoms with Gasteiger partial charge in [0, 0.05) is 26.2 Å². The Hall–Kier alpha value is -0.0800. The number of rotatable bonds is 6. The summed E-state index contributed by atoms with van der Waals surface area (Å²) >= 11 is 0. The second kappa shape index (κ2) is 6.49. The lowest BCUT2D eigenvalue weighted by atomic mass is 10.1. The van der Waals surface area contributed by atoms with E-state index in [1.165, 1.54) is 45.7 Å². The van der Waals surface area contributed by atoms with Crippen LogP contribution in [0.25, 0.3) is 0 Å². The highest BCUT2D eigenvalue weighted by atomic mass is 15.4. The SMILES string of the molecule is CC[C@H](C)CN1CCN(C[C@@H](C)CC)C1. The lowest BCUT2D eigenvalue weighted by Crippen LogP contribution is -2.31. The fourth-order valence-electron chi connectivity index (χ4n) is 2.14. The van der Waals surface area contributed by atoms with Crippen molar-refractivity contribution in [2.75, 3.05) is 32.8 Å². The van der Waals surface area contributed by atoms with Gasteiger partial charge in [0.15, 0.2) is 0 Å². The van der Waals surface area contributed by atoms with E-state index in [0.29, 0.717) is 0 Å². The van der Waals surface area contributed by atoms with E-state index in [2.05, 4.69) is 37.5 Å². The van der Waals surface area contributed by atoms with Gasteiger partial charge in [-0.2, -0.15) is 0 Å². The Bertz CT molecular complexity index is 152. The van der Waals surface area contributed by atoms with Crippen LogP contribution >= 0.6 is 0 Å². The van der Waals surface area contributed by atoms with Crippen LogP contribution in [0.15, 0.2) is 0 Å². The monoisotopic (exact) mass is 212 g/mol. The minimum Gasteiger partial charge on any atom is -0.289 e. The molecule has 0 amide bonds. The summed E-state index contributed by atoms with van der Waals surface area (Å²) in [6.45, 7) is 15.6. The van der Waals surface area contributed by atoms with Crippen LogP contribution in [0.4, 0.5) is 0 Å². The second-order valence-corrected chi connectivity index (χ2v) is 5.32. The molecule has 0 unspecified atom stereocenters. The van der Waals surface area contributed by atoms with Crippen LogP contribution in [0.3, 0.4) is 0 Å². The Labute approximate surface area is 95.6 Å². The summed E-state index contributed by atoms with van der Waals surface area (Å²) < 4.78 is 0. The highest BCUT2D eigenvalue weighted by Crippen LogP contribution is 2.12. The molecule has 1 rings (SSSR count). The predicted octanol–water partition coefficient (Wildman–Crippen LogP) is 2.65. The quantitative estimate of drug-likeness (QED) is 0.668. The van der Waals surface area contributed by atoms with E-state index in [1.807, 2.05) is 0 Å². The van der Waals surface area contributed by atoms with E-state index in [9.17, 15) is 0 Å². The third kappa shape index (κ3) is 4.52. The smallest absolute Gasteiger partial charge is 0.0507 e. The minimum atomic E-state index is 0.855. The van der Waals surface area contributed by atoms with Crippen LogP contribution in [-0.2, 0) is 0 Å². The summed E-state index contributed by atoms with van der Waals surface area (Å²) in [5.41, 5.74) is 0. The van der Waals surface area contributed by atoms with Crippen LogP contribution < -0.4 is 0 Å². The molecule has 2 atom stereocenters. The average Bonchev–Trinajstić information content (AvgIpc) is 2.65. The molecule has 0 saturated carbocycles. The maximum atomic E-state index is 2.61. The first-order valence-corrected chi connectivity index (χ1v) is 6.60. The van der Waals surface area contributed by atoms with Gasteiger partial charge < -0.3 is 0 Å². The van der Waals surface area contributed by atoms with Crippen molar-refractivity contribution in [3.8, 4) is 0 Å². The van der Waals surface area contributed by atoms with Crippen LogP contribution in [0.5, 0.6) is 0 Å². The molecule has 2 nitrogen and oxygen atoms in total. The molecule has 0 spiro atoms. The van der Waals surface area contributed by atoms with Gasteiger partial charge >= 0.3 is 0 Å². The summed E-state index contributed by atoms with van der Waals surface area (Å²) in [6.07, 6.45) is 2.61. The Morgan fingerprint density at radius 3 is 1.60 bits per heavy atom. The molecule has 0 bridgehead atoms. The predicted molar refractivity (Wildman–Crippen MR) is 66.9 cm³/mol. The highest BCUT2D eigenvalue weighted by Gasteiger charge is 2.21. The molecular formula is C13H28N2. The van der Waals surface area contributed by atoms with E-state index >= 15 is 0 Å². The number of nitrogens with zero attached hydrogens (tertiary/aromatic N) is 2. The third-order valence-corrected chi connectivity index (χ3v) is 3.67. The van der Waals surface area contributed by atoms with Gasteiger partial charge in [0.2, 0.25) is 0 Å². The fraction of sp³-hybridized carbons (Fsp3) is 1.00. The summed E-state index contributed by atoms with van der Waals surface area (Å²) in [5, 5.41) is 0. The Balaban J connectivity index is 2.20. The van der Waals surface area contributed by atoms with Crippen molar-refractivity contribution in [3.63, 3.8) is 0 Å². The van der Waals surface area contributed by atoms with Gasteiger partial charge in [0.05, 0.1) is 6.67 Å². The van der Waals surface area contributed by atoms with Gasteiger partial charge in [-0.3, -0.25) is 9.80 Å². The normalized spacial score (nSPS) is 23.2. The van der Waals surface area contributed by atoms with Crippen molar-refractivity contribution in [2.24, 2.45) is 11.8 Å². The third-order valence-electron chi connectivity index (χ3n) is 3.67. The number of hydrogen-bond acceptors (Lipinski definition) is 2. The summed E-state index contributed by atoms with van der Waals surface area (Å²) in [5.74, 6) is 1.71. The number of hydrogen-bond donors (Lipinski definition) is 0. The zero-order chi connectivity index (χ0) is 11.3. The zero-order valence-electron chi connectivity index (χ0n) is 11.0. The van der Waals surface area contributed by atoms with E-state index in [-0.39, 0.29) is 0 Å². The minimum absolute atomic E-state index is 0.855. The van der Waals surface area contributed by atoms with Crippen molar-refractivity contribution in [1.82, 2.24) is 9.80 Å². The van der Waals surface area contributed by atoms with E-state index < -0.39 is 0 Å². The molecule has 0 aromatic carbocycles. The molecule has 0 radical (unpaired) electrons. The van der Waals surface area contributed by atoms with Crippen molar-refractivity contribution < 1.29 is 0 Å². The lowest BCUT2D eigenvalue weighted by molar-refractivity contribution is 0.204. The zero-order valence-corrected chi connectivity index (χ0v) is 11.0. The van der Waals surface area contributed by atoms with Gasteiger partial charge in [-0.15, -0.1) is 0 Å². The molecule has 1 aliphatic heterocycles. The molecule has 0 aromatic rings. The Morgan fingerprint density at radius 1 is 0.867 bits per heavy atom. The Morgan fingerprint density at radius 2 is 1.27 bits per heavy atom. The van der Waals surface area contributed by atoms with Crippen molar-refractivity contribution in [2.45, 2.75) is 40.5 Å². The molecule has 0 N–H and O–H groups in total. The van der Waals surface area contributed by atoms with E-state index in [0.717, 1.165) is 11.8 Å². The molecule has 90 valence electrons. The molecular weight excluding hydrogens is 184 g/mol. The largest absolute Gasteiger partial charge is 0.289 e. The van der Waals surface area contributed by atoms with Gasteiger partial charge in [-0.25, -0.2) is 0 Å². The van der Waals surface area contributed by atoms with Crippen LogP contribution in [0.2, 0.25) is 0 Å².